The van der Waals surface area contributed by atoms with Gasteiger partial charge >= 0.3 is 0 Å². The van der Waals surface area contributed by atoms with Gasteiger partial charge in [0.15, 0.2) is 0 Å². The van der Waals surface area contributed by atoms with Crippen molar-refractivity contribution in [3.05, 3.63) is 65.7 Å². The van der Waals surface area contributed by atoms with Crippen molar-refractivity contribution in [3.8, 4) is 17.2 Å². The molecule has 0 fully saturated rings. The van der Waals surface area contributed by atoms with Crippen LogP contribution in [-0.4, -0.2) is 55.6 Å². The highest BCUT2D eigenvalue weighted by molar-refractivity contribution is 5.89. The molecule has 3 aromatic rings. The molecule has 0 saturated heterocycles. The van der Waals surface area contributed by atoms with Crippen LogP contribution in [0, 0.1) is 0 Å². The topological polar surface area (TPSA) is 62.2 Å². The van der Waals surface area contributed by atoms with Gasteiger partial charge < -0.3 is 24.6 Å². The minimum absolute atomic E-state index is 0.0357. The number of hydrogen-bond donors (Lipinski definition) is 2. The molecule has 0 saturated carbocycles. The lowest BCUT2D eigenvalue weighted by Crippen LogP contribution is -2.19. The predicted octanol–water partition coefficient (Wildman–Crippen LogP) is 3.45. The monoisotopic (exact) mass is 381 g/mol. The second kappa shape index (κ2) is 9.44. The number of aliphatic hydroxyl groups excluding tert-OH is 1. The molecular formula is C23H27NO4. The Morgan fingerprint density at radius 3 is 2.39 bits per heavy atom. The average Bonchev–Trinajstić information content (AvgIpc) is 2.68. The minimum atomic E-state index is -0.0357. The molecule has 0 bridgehead atoms. The molecule has 0 atom stereocenters. The molecule has 2 N–H and O–H groups in total. The predicted molar refractivity (Wildman–Crippen MR) is 111 cm³/mol. The number of rotatable bonds is 9. The fourth-order valence-electron chi connectivity index (χ4n) is 3.09. The van der Waals surface area contributed by atoms with Crippen molar-refractivity contribution in [1.29, 1.82) is 0 Å². The second-order valence-corrected chi connectivity index (χ2v) is 6.99. The van der Waals surface area contributed by atoms with Crippen LogP contribution in [0.1, 0.15) is 11.1 Å². The molecule has 0 unspecified atom stereocenters. The van der Waals surface area contributed by atoms with E-state index in [1.165, 1.54) is 0 Å². The Balaban J connectivity index is 1.83. The summed E-state index contributed by atoms with van der Waals surface area (Å²) >= 11 is 0. The summed E-state index contributed by atoms with van der Waals surface area (Å²) in [4.78, 5) is 2.08. The lowest BCUT2D eigenvalue weighted by Gasteiger charge is -2.15. The Labute approximate surface area is 165 Å². The number of likely N-dealkylation sites (N-methyl/N-ethyl adjacent to an activating group) is 1. The van der Waals surface area contributed by atoms with Gasteiger partial charge in [0.1, 0.15) is 30.5 Å². The summed E-state index contributed by atoms with van der Waals surface area (Å²) in [5.41, 5.74) is 2.17. The van der Waals surface area contributed by atoms with Crippen LogP contribution in [0.2, 0.25) is 0 Å². The van der Waals surface area contributed by atoms with Crippen LogP contribution in [0.3, 0.4) is 0 Å². The summed E-state index contributed by atoms with van der Waals surface area (Å²) in [6, 6.07) is 17.2. The molecule has 5 nitrogen and oxygen atoms in total. The van der Waals surface area contributed by atoms with Crippen LogP contribution in [0.25, 0.3) is 10.8 Å². The van der Waals surface area contributed by atoms with Crippen molar-refractivity contribution in [3.63, 3.8) is 0 Å². The summed E-state index contributed by atoms with van der Waals surface area (Å²) in [6.07, 6.45) is 0.681. The Kier molecular flexibility index (Phi) is 6.74. The van der Waals surface area contributed by atoms with Gasteiger partial charge in [-0.05, 0) is 60.8 Å². The first-order valence-corrected chi connectivity index (χ1v) is 9.41. The maximum absolute atomic E-state index is 9.78. The SMILES string of the molecule is CN(C)CCOc1ccc(Cc2c(OCCO)ccc3cc(O)ccc23)cc1. The van der Waals surface area contributed by atoms with E-state index in [1.807, 2.05) is 44.4 Å². The van der Waals surface area contributed by atoms with Crippen molar-refractivity contribution in [2.75, 3.05) is 40.5 Å². The molecule has 0 heterocycles. The Morgan fingerprint density at radius 1 is 0.893 bits per heavy atom. The third-order valence-electron chi connectivity index (χ3n) is 4.53. The smallest absolute Gasteiger partial charge is 0.123 e. The molecule has 148 valence electrons. The highest BCUT2D eigenvalue weighted by atomic mass is 16.5. The van der Waals surface area contributed by atoms with Gasteiger partial charge in [0.25, 0.3) is 0 Å². The largest absolute Gasteiger partial charge is 0.508 e. The summed E-state index contributed by atoms with van der Waals surface area (Å²) in [5.74, 6) is 1.84. The first-order valence-electron chi connectivity index (χ1n) is 9.41. The molecule has 3 rings (SSSR count). The van der Waals surface area contributed by atoms with Gasteiger partial charge in [-0.25, -0.2) is 0 Å². The van der Waals surface area contributed by atoms with Crippen molar-refractivity contribution < 1.29 is 19.7 Å². The molecule has 0 aliphatic carbocycles. The second-order valence-electron chi connectivity index (χ2n) is 6.99. The van der Waals surface area contributed by atoms with Gasteiger partial charge in [-0.1, -0.05) is 24.3 Å². The standard InChI is InChI=1S/C23H27NO4/c1-24(2)11-13-27-20-7-3-17(4-8-20)15-22-21-9-6-19(26)16-18(21)5-10-23(22)28-14-12-25/h3-10,16,25-26H,11-15H2,1-2H3. The molecule has 0 amide bonds. The van der Waals surface area contributed by atoms with Crippen molar-refractivity contribution in [1.82, 2.24) is 4.90 Å². The van der Waals surface area contributed by atoms with E-state index in [1.54, 1.807) is 12.1 Å². The first-order chi connectivity index (χ1) is 13.6. The Bertz CT molecular complexity index is 906. The molecule has 0 spiro atoms. The third kappa shape index (κ3) is 5.15. The van der Waals surface area contributed by atoms with Crippen LogP contribution in [-0.2, 0) is 6.42 Å². The minimum Gasteiger partial charge on any atom is -0.508 e. The van der Waals surface area contributed by atoms with Crippen molar-refractivity contribution in [2.24, 2.45) is 0 Å². The van der Waals surface area contributed by atoms with E-state index in [0.29, 0.717) is 13.0 Å². The van der Waals surface area contributed by atoms with Crippen LogP contribution in [0.5, 0.6) is 17.2 Å². The van der Waals surface area contributed by atoms with E-state index in [-0.39, 0.29) is 19.0 Å². The molecule has 0 aliphatic heterocycles. The van der Waals surface area contributed by atoms with Gasteiger partial charge in [-0.2, -0.15) is 0 Å². The zero-order valence-corrected chi connectivity index (χ0v) is 16.4. The normalized spacial score (nSPS) is 11.1. The summed E-state index contributed by atoms with van der Waals surface area (Å²) < 4.78 is 11.5. The third-order valence-corrected chi connectivity index (χ3v) is 4.53. The van der Waals surface area contributed by atoms with Gasteiger partial charge in [-0.15, -0.1) is 0 Å². The van der Waals surface area contributed by atoms with Gasteiger partial charge in [0.2, 0.25) is 0 Å². The van der Waals surface area contributed by atoms with Crippen LogP contribution < -0.4 is 9.47 Å². The highest BCUT2D eigenvalue weighted by Gasteiger charge is 2.11. The summed E-state index contributed by atoms with van der Waals surface area (Å²) in [7, 11) is 4.04. The number of phenolic OH excluding ortho intramolecular Hbond substituents is 1. The number of hydrogen-bond acceptors (Lipinski definition) is 5. The van der Waals surface area contributed by atoms with E-state index < -0.39 is 0 Å². The van der Waals surface area contributed by atoms with Crippen molar-refractivity contribution in [2.45, 2.75) is 6.42 Å². The number of aromatic hydroxyl groups is 1. The molecule has 0 aromatic heterocycles. The van der Waals surface area contributed by atoms with Crippen LogP contribution in [0.15, 0.2) is 54.6 Å². The number of benzene rings is 3. The van der Waals surface area contributed by atoms with E-state index in [4.69, 9.17) is 14.6 Å². The zero-order valence-electron chi connectivity index (χ0n) is 16.4. The number of aliphatic hydroxyl groups is 1. The summed E-state index contributed by atoms with van der Waals surface area (Å²) in [5, 5.41) is 20.9. The fourth-order valence-corrected chi connectivity index (χ4v) is 3.09. The summed E-state index contributed by atoms with van der Waals surface area (Å²) in [6.45, 7) is 1.73. The van der Waals surface area contributed by atoms with E-state index in [9.17, 15) is 5.11 Å². The van der Waals surface area contributed by atoms with Gasteiger partial charge in [-0.3, -0.25) is 0 Å². The highest BCUT2D eigenvalue weighted by Crippen LogP contribution is 2.32. The lowest BCUT2D eigenvalue weighted by atomic mass is 9.97. The zero-order chi connectivity index (χ0) is 19.9. The van der Waals surface area contributed by atoms with Crippen LogP contribution >= 0.6 is 0 Å². The van der Waals surface area contributed by atoms with Gasteiger partial charge in [0, 0.05) is 18.5 Å². The lowest BCUT2D eigenvalue weighted by molar-refractivity contribution is 0.200. The molecule has 0 aliphatic rings. The first kappa shape index (κ1) is 20.0. The number of nitrogens with zero attached hydrogens (tertiary/aromatic N) is 1. The van der Waals surface area contributed by atoms with E-state index >= 15 is 0 Å². The van der Waals surface area contributed by atoms with E-state index in [2.05, 4.69) is 17.0 Å². The number of ether oxygens (including phenoxy) is 2. The Morgan fingerprint density at radius 2 is 1.68 bits per heavy atom. The Hall–Kier alpha value is -2.76. The molecule has 0 radical (unpaired) electrons. The quantitative estimate of drug-likeness (QED) is 0.594. The average molecular weight is 381 g/mol. The maximum Gasteiger partial charge on any atom is 0.123 e. The van der Waals surface area contributed by atoms with Crippen molar-refractivity contribution >= 4 is 10.8 Å². The van der Waals surface area contributed by atoms with Gasteiger partial charge in [0.05, 0.1) is 6.61 Å². The molecule has 5 heteroatoms. The maximum atomic E-state index is 9.78. The molecular weight excluding hydrogens is 354 g/mol. The molecule has 3 aromatic carbocycles. The fraction of sp³-hybridized carbons (Fsp3) is 0.304. The van der Waals surface area contributed by atoms with E-state index in [0.717, 1.165) is 39.9 Å². The molecule has 28 heavy (non-hydrogen) atoms. The number of fused-ring (bicyclic) bond motifs is 1. The number of phenols is 1. The van der Waals surface area contributed by atoms with Crippen LogP contribution in [0.4, 0.5) is 0 Å².